The molecule has 0 bridgehead atoms. The molecule has 0 heterocycles. The van der Waals surface area contributed by atoms with E-state index in [4.69, 9.17) is 9.47 Å². The van der Waals surface area contributed by atoms with Gasteiger partial charge in [-0.15, -0.1) is 5.92 Å². The summed E-state index contributed by atoms with van der Waals surface area (Å²) in [5.41, 5.74) is 0. The van der Waals surface area contributed by atoms with E-state index in [2.05, 4.69) is 11.8 Å². The van der Waals surface area contributed by atoms with Crippen molar-refractivity contribution in [3.05, 3.63) is 30.3 Å². The zero-order valence-electron chi connectivity index (χ0n) is 15.4. The lowest BCUT2D eigenvalue weighted by Crippen LogP contribution is -2.35. The van der Waals surface area contributed by atoms with Crippen LogP contribution >= 0.6 is 0 Å². The molecular weight excluding hydrogens is 374 g/mol. The van der Waals surface area contributed by atoms with E-state index in [0.29, 0.717) is 0 Å². The molecule has 0 spiro atoms. The van der Waals surface area contributed by atoms with Crippen LogP contribution < -0.4 is 0 Å². The van der Waals surface area contributed by atoms with Crippen molar-refractivity contribution >= 4 is 22.0 Å². The van der Waals surface area contributed by atoms with Crippen LogP contribution in [0.4, 0.5) is 0 Å². The minimum absolute atomic E-state index is 0.0860. The minimum Gasteiger partial charge on any atom is -0.465 e. The monoisotopic (exact) mass is 397 g/mol. The number of benzene rings is 1. The summed E-state index contributed by atoms with van der Waals surface area (Å²) < 4.78 is 34.4. The highest BCUT2D eigenvalue weighted by Crippen LogP contribution is 2.15. The van der Waals surface area contributed by atoms with Crippen molar-refractivity contribution < 1.29 is 32.7 Å². The van der Waals surface area contributed by atoms with Crippen molar-refractivity contribution in [3.63, 3.8) is 0 Å². The van der Waals surface area contributed by atoms with Crippen LogP contribution in [0.25, 0.3) is 0 Å². The molecule has 1 atom stereocenters. The average molecular weight is 397 g/mol. The van der Waals surface area contributed by atoms with Crippen LogP contribution in [0.2, 0.25) is 0 Å². The third kappa shape index (κ3) is 6.36. The Morgan fingerprint density at radius 1 is 1.11 bits per heavy atom. The Morgan fingerprint density at radius 3 is 2.11 bits per heavy atom. The number of hydrogen-bond acceptors (Lipinski definition) is 7. The van der Waals surface area contributed by atoms with Gasteiger partial charge >= 0.3 is 11.9 Å². The topological polar surface area (TPSA) is 110 Å². The Morgan fingerprint density at radius 2 is 1.63 bits per heavy atom. The highest BCUT2D eigenvalue weighted by Gasteiger charge is 2.29. The van der Waals surface area contributed by atoms with Crippen LogP contribution in [-0.2, 0) is 29.1 Å². The Kier molecular flexibility index (Phi) is 8.94. The van der Waals surface area contributed by atoms with E-state index in [1.165, 1.54) is 31.2 Å². The van der Waals surface area contributed by atoms with Crippen LogP contribution in [0.15, 0.2) is 35.2 Å². The van der Waals surface area contributed by atoms with Crippen molar-refractivity contribution in [2.45, 2.75) is 38.1 Å². The molecule has 0 aliphatic rings. The number of ether oxygens (including phenoxy) is 2. The molecule has 148 valence electrons. The summed E-state index contributed by atoms with van der Waals surface area (Å²) in [6, 6.07) is 6.29. The standard InChI is InChI=1S/C18H23NO7S/c1-4-25-17(20)16(18(21)26-5-2)13-9-10-14(3)19(22)27(23,24)15-11-7-6-8-12-15/h6-8,11-12,14,16,22H,4-5,13H2,1-3H3. The molecule has 9 heteroatoms. The third-order valence-electron chi connectivity index (χ3n) is 3.38. The first-order chi connectivity index (χ1) is 12.8. The highest BCUT2D eigenvalue weighted by atomic mass is 32.2. The molecular formula is C18H23NO7S. The van der Waals surface area contributed by atoms with E-state index < -0.39 is 33.9 Å². The van der Waals surface area contributed by atoms with Gasteiger partial charge in [-0.1, -0.05) is 28.6 Å². The van der Waals surface area contributed by atoms with Gasteiger partial charge < -0.3 is 9.47 Å². The van der Waals surface area contributed by atoms with Crippen molar-refractivity contribution in [2.75, 3.05) is 13.2 Å². The van der Waals surface area contributed by atoms with Gasteiger partial charge in [-0.2, -0.15) is 0 Å². The lowest BCUT2D eigenvalue weighted by atomic mass is 10.1. The summed E-state index contributed by atoms with van der Waals surface area (Å²) in [5.74, 6) is 2.29. The smallest absolute Gasteiger partial charge is 0.321 e. The molecule has 27 heavy (non-hydrogen) atoms. The summed E-state index contributed by atoms with van der Waals surface area (Å²) in [6.45, 7) is 4.77. The second kappa shape index (κ2) is 10.7. The zero-order valence-corrected chi connectivity index (χ0v) is 16.2. The molecule has 0 amide bonds. The molecule has 1 rings (SSSR count). The van der Waals surface area contributed by atoms with Gasteiger partial charge in [-0.3, -0.25) is 14.8 Å². The van der Waals surface area contributed by atoms with Crippen molar-refractivity contribution in [2.24, 2.45) is 5.92 Å². The van der Waals surface area contributed by atoms with Crippen LogP contribution in [0.5, 0.6) is 0 Å². The summed E-state index contributed by atoms with van der Waals surface area (Å²) >= 11 is 0. The summed E-state index contributed by atoms with van der Waals surface area (Å²) in [7, 11) is -4.14. The van der Waals surface area contributed by atoms with Crippen molar-refractivity contribution in [1.29, 1.82) is 0 Å². The molecule has 0 aromatic heterocycles. The number of carbonyl (C=O) groups is 2. The first-order valence-electron chi connectivity index (χ1n) is 8.35. The van der Waals surface area contributed by atoms with Crippen LogP contribution in [0.1, 0.15) is 27.2 Å². The molecule has 0 radical (unpaired) electrons. The number of rotatable bonds is 8. The zero-order chi connectivity index (χ0) is 20.4. The average Bonchev–Trinajstić information content (AvgIpc) is 2.65. The molecule has 1 N–H and O–H groups in total. The predicted molar refractivity (Wildman–Crippen MR) is 95.9 cm³/mol. The van der Waals surface area contributed by atoms with Gasteiger partial charge in [0.2, 0.25) is 0 Å². The maximum absolute atomic E-state index is 12.3. The molecule has 0 aliphatic heterocycles. The van der Waals surface area contributed by atoms with E-state index in [9.17, 15) is 23.2 Å². The second-order valence-corrected chi connectivity index (χ2v) is 7.14. The number of esters is 2. The van der Waals surface area contributed by atoms with Gasteiger partial charge in [0.1, 0.15) is 6.04 Å². The van der Waals surface area contributed by atoms with Crippen LogP contribution in [-0.4, -0.2) is 49.3 Å². The van der Waals surface area contributed by atoms with Gasteiger partial charge in [0.05, 0.1) is 18.1 Å². The number of nitrogens with zero attached hydrogens (tertiary/aromatic N) is 1. The first-order valence-corrected chi connectivity index (χ1v) is 9.79. The number of sulfonamides is 1. The minimum atomic E-state index is -4.14. The first kappa shape index (κ1) is 22.6. The molecule has 0 saturated carbocycles. The van der Waals surface area contributed by atoms with E-state index in [-0.39, 0.29) is 29.0 Å². The molecule has 0 saturated heterocycles. The molecule has 1 aromatic rings. The maximum Gasteiger partial charge on any atom is 0.321 e. The van der Waals surface area contributed by atoms with Gasteiger partial charge in [0.25, 0.3) is 10.0 Å². The van der Waals surface area contributed by atoms with E-state index in [0.717, 1.165) is 0 Å². The quantitative estimate of drug-likeness (QED) is 0.307. The number of carbonyl (C=O) groups excluding carboxylic acids is 2. The normalized spacial score (nSPS) is 12.2. The highest BCUT2D eigenvalue weighted by molar-refractivity contribution is 7.89. The van der Waals surface area contributed by atoms with Gasteiger partial charge in [-0.05, 0) is 32.9 Å². The van der Waals surface area contributed by atoms with E-state index >= 15 is 0 Å². The summed E-state index contributed by atoms with van der Waals surface area (Å²) in [6.07, 6.45) is -0.221. The molecule has 1 unspecified atom stereocenters. The SMILES string of the molecule is CCOC(=O)C(CC#CC(C)N(O)S(=O)(=O)c1ccccc1)C(=O)OCC. The van der Waals surface area contributed by atoms with Crippen molar-refractivity contribution in [1.82, 2.24) is 4.47 Å². The Labute approximate surface area is 159 Å². The van der Waals surface area contributed by atoms with E-state index in [1.807, 2.05) is 0 Å². The fourth-order valence-corrected chi connectivity index (χ4v) is 3.21. The van der Waals surface area contributed by atoms with Gasteiger partial charge in [0, 0.05) is 6.42 Å². The lowest BCUT2D eigenvalue weighted by molar-refractivity contribution is -0.161. The Balaban J connectivity index is 2.89. The van der Waals surface area contributed by atoms with Gasteiger partial charge in [0.15, 0.2) is 5.92 Å². The summed E-state index contributed by atoms with van der Waals surface area (Å²) in [5, 5.41) is 10.0. The largest absolute Gasteiger partial charge is 0.465 e. The van der Waals surface area contributed by atoms with Gasteiger partial charge in [-0.25, -0.2) is 8.42 Å². The molecule has 8 nitrogen and oxygen atoms in total. The lowest BCUT2D eigenvalue weighted by Gasteiger charge is -2.18. The number of hydrogen-bond donors (Lipinski definition) is 1. The van der Waals surface area contributed by atoms with Crippen molar-refractivity contribution in [3.8, 4) is 11.8 Å². The predicted octanol–water partition coefficient (Wildman–Crippen LogP) is 1.59. The molecule has 0 aliphatic carbocycles. The second-order valence-electron chi connectivity index (χ2n) is 5.35. The Bertz CT molecular complexity index is 778. The fraction of sp³-hybridized carbons (Fsp3) is 0.444. The fourth-order valence-electron chi connectivity index (χ4n) is 2.02. The van der Waals surface area contributed by atoms with E-state index in [1.54, 1.807) is 19.9 Å². The number of hydroxylamine groups is 1. The van der Waals surface area contributed by atoms with Crippen LogP contribution in [0.3, 0.4) is 0 Å². The Hall–Kier alpha value is -2.41. The molecule has 1 aromatic carbocycles. The molecule has 0 fully saturated rings. The summed E-state index contributed by atoms with van der Waals surface area (Å²) in [4.78, 5) is 23.6. The van der Waals surface area contributed by atoms with Crippen LogP contribution in [0, 0.1) is 17.8 Å². The maximum atomic E-state index is 12.3. The third-order valence-corrected chi connectivity index (χ3v) is 5.05.